The molecule has 0 atom stereocenters. The summed E-state index contributed by atoms with van der Waals surface area (Å²) in [6.45, 7) is 0.412. The number of halogens is 1. The topological polar surface area (TPSA) is 87.7 Å². The first-order chi connectivity index (χ1) is 14.5. The highest BCUT2D eigenvalue weighted by molar-refractivity contribution is 6.32. The van der Waals surface area contributed by atoms with Gasteiger partial charge in [-0.25, -0.2) is 0 Å². The Bertz CT molecular complexity index is 1070. The van der Waals surface area contributed by atoms with Crippen molar-refractivity contribution in [1.82, 2.24) is 5.32 Å². The van der Waals surface area contributed by atoms with Crippen molar-refractivity contribution in [3.8, 4) is 11.5 Å². The van der Waals surface area contributed by atoms with Crippen LogP contribution in [0, 0.1) is 0 Å². The molecule has 0 aliphatic heterocycles. The zero-order valence-corrected chi connectivity index (χ0v) is 17.1. The Morgan fingerprint density at radius 1 is 1.00 bits per heavy atom. The van der Waals surface area contributed by atoms with Crippen molar-refractivity contribution in [1.29, 1.82) is 0 Å². The molecule has 0 fully saturated rings. The van der Waals surface area contributed by atoms with Crippen molar-refractivity contribution < 1.29 is 19.4 Å². The minimum absolute atomic E-state index is 0.0741. The van der Waals surface area contributed by atoms with E-state index in [1.54, 1.807) is 31.4 Å². The SMILES string of the molecule is COc1ccccc1CCNC(=O)c1ccccc1NC(=O)c1ccc(O)c(Cl)c1. The number of carbonyl (C=O) groups is 2. The minimum atomic E-state index is -0.439. The molecule has 7 heteroatoms. The van der Waals surface area contributed by atoms with Crippen molar-refractivity contribution in [3.05, 3.63) is 88.4 Å². The summed E-state index contributed by atoms with van der Waals surface area (Å²) in [6.07, 6.45) is 0.607. The highest BCUT2D eigenvalue weighted by atomic mass is 35.5. The van der Waals surface area contributed by atoms with Crippen LogP contribution in [0.25, 0.3) is 0 Å². The van der Waals surface area contributed by atoms with Gasteiger partial charge in [-0.15, -0.1) is 0 Å². The van der Waals surface area contributed by atoms with E-state index < -0.39 is 5.91 Å². The number of anilines is 1. The molecule has 2 amide bonds. The van der Waals surface area contributed by atoms with Crippen molar-refractivity contribution in [3.63, 3.8) is 0 Å². The van der Waals surface area contributed by atoms with Gasteiger partial charge < -0.3 is 20.5 Å². The first-order valence-corrected chi connectivity index (χ1v) is 9.66. The van der Waals surface area contributed by atoms with Crippen LogP contribution in [-0.4, -0.2) is 30.6 Å². The molecular weight excluding hydrogens is 404 g/mol. The maximum Gasteiger partial charge on any atom is 0.255 e. The number of para-hydroxylation sites is 2. The third-order valence-corrected chi connectivity index (χ3v) is 4.80. The molecule has 0 aliphatic carbocycles. The summed E-state index contributed by atoms with van der Waals surface area (Å²) in [4.78, 5) is 25.2. The van der Waals surface area contributed by atoms with Crippen molar-refractivity contribution >= 4 is 29.1 Å². The Kier molecular flexibility index (Phi) is 6.93. The van der Waals surface area contributed by atoms with E-state index in [9.17, 15) is 14.7 Å². The predicted molar refractivity (Wildman–Crippen MR) is 117 cm³/mol. The number of ether oxygens (including phenoxy) is 1. The molecule has 0 bridgehead atoms. The largest absolute Gasteiger partial charge is 0.506 e. The van der Waals surface area contributed by atoms with Crippen LogP contribution in [0.15, 0.2) is 66.7 Å². The molecular formula is C23H21ClN2O4. The third-order valence-electron chi connectivity index (χ3n) is 4.50. The molecule has 3 rings (SSSR count). The lowest BCUT2D eigenvalue weighted by molar-refractivity contribution is 0.0955. The molecule has 3 aromatic rings. The van der Waals surface area contributed by atoms with Crippen molar-refractivity contribution in [2.75, 3.05) is 19.0 Å². The van der Waals surface area contributed by atoms with E-state index in [1.807, 2.05) is 24.3 Å². The standard InChI is InChI=1S/C23H21ClN2O4/c1-30-21-9-5-2-6-15(21)12-13-25-23(29)17-7-3-4-8-19(17)26-22(28)16-10-11-20(27)18(24)14-16/h2-11,14,27H,12-13H2,1H3,(H,25,29)(H,26,28). The van der Waals surface area contributed by atoms with Gasteiger partial charge in [-0.05, 0) is 48.4 Å². The zero-order valence-electron chi connectivity index (χ0n) is 16.3. The zero-order chi connectivity index (χ0) is 21.5. The van der Waals surface area contributed by atoms with Gasteiger partial charge in [0.15, 0.2) is 0 Å². The van der Waals surface area contributed by atoms with Gasteiger partial charge in [0.2, 0.25) is 0 Å². The van der Waals surface area contributed by atoms with Gasteiger partial charge >= 0.3 is 0 Å². The van der Waals surface area contributed by atoms with E-state index in [0.717, 1.165) is 11.3 Å². The molecule has 0 heterocycles. The number of aromatic hydroxyl groups is 1. The second-order valence-electron chi connectivity index (χ2n) is 6.48. The maximum absolute atomic E-state index is 12.7. The lowest BCUT2D eigenvalue weighted by atomic mass is 10.1. The van der Waals surface area contributed by atoms with Crippen LogP contribution in [0.4, 0.5) is 5.69 Å². The average molecular weight is 425 g/mol. The van der Waals surface area contributed by atoms with E-state index in [1.165, 1.54) is 18.2 Å². The fraction of sp³-hybridized carbons (Fsp3) is 0.130. The van der Waals surface area contributed by atoms with Gasteiger partial charge in [-0.2, -0.15) is 0 Å². The number of nitrogens with one attached hydrogen (secondary N) is 2. The number of hydrogen-bond acceptors (Lipinski definition) is 4. The molecule has 6 nitrogen and oxygen atoms in total. The molecule has 0 radical (unpaired) electrons. The van der Waals surface area contributed by atoms with Crippen LogP contribution >= 0.6 is 11.6 Å². The number of benzene rings is 3. The Balaban J connectivity index is 1.67. The summed E-state index contributed by atoms with van der Waals surface area (Å²) in [5, 5.41) is 15.2. The van der Waals surface area contributed by atoms with Crippen LogP contribution in [0.1, 0.15) is 26.3 Å². The normalized spacial score (nSPS) is 10.3. The molecule has 0 aromatic heterocycles. The Hall–Kier alpha value is -3.51. The van der Waals surface area contributed by atoms with Gasteiger partial charge in [0.05, 0.1) is 23.4 Å². The summed E-state index contributed by atoms with van der Waals surface area (Å²) in [5.41, 5.74) is 1.98. The lowest BCUT2D eigenvalue weighted by Gasteiger charge is -2.12. The molecule has 154 valence electrons. The number of carbonyl (C=O) groups excluding carboxylic acids is 2. The summed E-state index contributed by atoms with van der Waals surface area (Å²) in [7, 11) is 1.61. The van der Waals surface area contributed by atoms with Crippen LogP contribution in [0.3, 0.4) is 0 Å². The Labute approximate surface area is 179 Å². The van der Waals surface area contributed by atoms with E-state index in [4.69, 9.17) is 16.3 Å². The Morgan fingerprint density at radius 2 is 1.73 bits per heavy atom. The molecule has 0 saturated carbocycles. The summed E-state index contributed by atoms with van der Waals surface area (Å²) in [5.74, 6) is -0.0780. The van der Waals surface area contributed by atoms with E-state index in [0.29, 0.717) is 24.2 Å². The van der Waals surface area contributed by atoms with Gasteiger partial charge in [0.1, 0.15) is 11.5 Å². The summed E-state index contributed by atoms with van der Waals surface area (Å²) in [6, 6.07) is 18.5. The van der Waals surface area contributed by atoms with Gasteiger partial charge in [0.25, 0.3) is 11.8 Å². The summed E-state index contributed by atoms with van der Waals surface area (Å²) >= 11 is 5.87. The number of phenolic OH excluding ortho intramolecular Hbond substituents is 1. The average Bonchev–Trinajstić information content (AvgIpc) is 2.76. The van der Waals surface area contributed by atoms with Crippen LogP contribution in [-0.2, 0) is 6.42 Å². The first kappa shape index (κ1) is 21.2. The molecule has 3 N–H and O–H groups in total. The quantitative estimate of drug-likeness (QED) is 0.528. The smallest absolute Gasteiger partial charge is 0.255 e. The summed E-state index contributed by atoms with van der Waals surface area (Å²) < 4.78 is 5.32. The minimum Gasteiger partial charge on any atom is -0.506 e. The van der Waals surface area contributed by atoms with E-state index in [-0.39, 0.29) is 22.2 Å². The number of rotatable bonds is 7. The predicted octanol–water partition coefficient (Wildman–Crippen LogP) is 4.28. The second kappa shape index (κ2) is 9.80. The molecule has 0 saturated heterocycles. The molecule has 3 aromatic carbocycles. The third kappa shape index (κ3) is 5.10. The van der Waals surface area contributed by atoms with Gasteiger partial charge in [-0.3, -0.25) is 9.59 Å². The first-order valence-electron chi connectivity index (χ1n) is 9.28. The number of amides is 2. The molecule has 0 aliphatic rings. The molecule has 0 unspecified atom stereocenters. The van der Waals surface area contributed by atoms with Crippen LogP contribution < -0.4 is 15.4 Å². The van der Waals surface area contributed by atoms with Gasteiger partial charge in [0, 0.05) is 12.1 Å². The number of methoxy groups -OCH3 is 1. The number of hydrogen-bond donors (Lipinski definition) is 3. The van der Waals surface area contributed by atoms with Crippen LogP contribution in [0.5, 0.6) is 11.5 Å². The lowest BCUT2D eigenvalue weighted by Crippen LogP contribution is -2.27. The maximum atomic E-state index is 12.7. The van der Waals surface area contributed by atoms with E-state index in [2.05, 4.69) is 10.6 Å². The number of phenols is 1. The second-order valence-corrected chi connectivity index (χ2v) is 6.89. The van der Waals surface area contributed by atoms with Gasteiger partial charge in [-0.1, -0.05) is 41.9 Å². The fourth-order valence-electron chi connectivity index (χ4n) is 2.95. The molecule has 0 spiro atoms. The Morgan fingerprint density at radius 3 is 2.50 bits per heavy atom. The fourth-order valence-corrected chi connectivity index (χ4v) is 3.13. The van der Waals surface area contributed by atoms with Crippen molar-refractivity contribution in [2.24, 2.45) is 0 Å². The monoisotopic (exact) mass is 424 g/mol. The highest BCUT2D eigenvalue weighted by Crippen LogP contribution is 2.24. The van der Waals surface area contributed by atoms with E-state index >= 15 is 0 Å². The molecule has 30 heavy (non-hydrogen) atoms. The highest BCUT2D eigenvalue weighted by Gasteiger charge is 2.15. The van der Waals surface area contributed by atoms with Crippen molar-refractivity contribution in [2.45, 2.75) is 6.42 Å². The van der Waals surface area contributed by atoms with Crippen LogP contribution in [0.2, 0.25) is 5.02 Å².